The average Bonchev–Trinajstić information content (AvgIpc) is 2.74. The highest BCUT2D eigenvalue weighted by Gasteiger charge is 2.06. The third kappa shape index (κ3) is 1.78. The van der Waals surface area contributed by atoms with E-state index >= 15 is 0 Å². The third-order valence-electron chi connectivity index (χ3n) is 2.33. The number of fused-ring (bicyclic) bond motifs is 1. The number of anilines is 1. The number of hydrogen-bond acceptors (Lipinski definition) is 5. The topological polar surface area (TPSA) is 93.4 Å². The average molecular weight is 247 g/mol. The van der Waals surface area contributed by atoms with Crippen LogP contribution in [0.15, 0.2) is 24.4 Å². The Labute approximate surface area is 101 Å². The minimum atomic E-state index is 0.0807. The number of benzene rings is 1. The molecular formula is C10H7ClN6. The molecule has 0 saturated carbocycles. The van der Waals surface area contributed by atoms with Gasteiger partial charge in [-0.15, -0.1) is 0 Å². The summed E-state index contributed by atoms with van der Waals surface area (Å²) in [6.07, 6.45) is 1.74. The fourth-order valence-corrected chi connectivity index (χ4v) is 1.74. The second-order valence-electron chi connectivity index (χ2n) is 3.46. The van der Waals surface area contributed by atoms with E-state index in [1.54, 1.807) is 6.20 Å². The SMILES string of the molecule is Nc1nc(Cl)nc(-c2ccc3cn[nH]c3c2)n1. The molecule has 6 nitrogen and oxygen atoms in total. The Kier molecular flexibility index (Phi) is 2.15. The Balaban J connectivity index is 2.19. The van der Waals surface area contributed by atoms with Crippen molar-refractivity contribution in [2.75, 3.05) is 5.73 Å². The summed E-state index contributed by atoms with van der Waals surface area (Å²) < 4.78 is 0. The van der Waals surface area contributed by atoms with Crippen LogP contribution in [0.3, 0.4) is 0 Å². The van der Waals surface area contributed by atoms with Crippen LogP contribution in [0.5, 0.6) is 0 Å². The van der Waals surface area contributed by atoms with Crippen LogP contribution < -0.4 is 5.73 Å². The van der Waals surface area contributed by atoms with E-state index < -0.39 is 0 Å². The molecule has 0 spiro atoms. The number of rotatable bonds is 1. The molecule has 2 heterocycles. The van der Waals surface area contributed by atoms with Crippen LogP contribution in [0.2, 0.25) is 5.28 Å². The Hall–Kier alpha value is -2.21. The fourth-order valence-electron chi connectivity index (χ4n) is 1.57. The molecule has 0 aliphatic rings. The van der Waals surface area contributed by atoms with Gasteiger partial charge < -0.3 is 5.73 Å². The molecule has 0 atom stereocenters. The first-order chi connectivity index (χ1) is 8.22. The van der Waals surface area contributed by atoms with Crippen LogP contribution >= 0.6 is 11.6 Å². The molecule has 3 N–H and O–H groups in total. The molecule has 17 heavy (non-hydrogen) atoms. The van der Waals surface area contributed by atoms with Gasteiger partial charge in [-0.25, -0.2) is 0 Å². The number of halogens is 1. The first-order valence-corrected chi connectivity index (χ1v) is 5.21. The summed E-state index contributed by atoms with van der Waals surface area (Å²) in [6.45, 7) is 0. The van der Waals surface area contributed by atoms with Crippen molar-refractivity contribution in [1.82, 2.24) is 25.1 Å². The highest BCUT2D eigenvalue weighted by molar-refractivity contribution is 6.28. The van der Waals surface area contributed by atoms with Crippen LogP contribution in [0.4, 0.5) is 5.95 Å². The maximum atomic E-state index is 5.73. The zero-order chi connectivity index (χ0) is 11.8. The highest BCUT2D eigenvalue weighted by atomic mass is 35.5. The zero-order valence-corrected chi connectivity index (χ0v) is 9.31. The van der Waals surface area contributed by atoms with Crippen molar-refractivity contribution in [3.63, 3.8) is 0 Å². The van der Waals surface area contributed by atoms with Crippen LogP contribution in [0, 0.1) is 0 Å². The predicted octanol–water partition coefficient (Wildman–Crippen LogP) is 1.65. The van der Waals surface area contributed by atoms with Crippen LogP contribution in [-0.2, 0) is 0 Å². The van der Waals surface area contributed by atoms with Gasteiger partial charge in [0, 0.05) is 10.9 Å². The second-order valence-corrected chi connectivity index (χ2v) is 3.80. The third-order valence-corrected chi connectivity index (χ3v) is 2.49. The minimum absolute atomic E-state index is 0.0807. The van der Waals surface area contributed by atoms with Crippen LogP contribution in [-0.4, -0.2) is 25.1 Å². The van der Waals surface area contributed by atoms with Crippen molar-refractivity contribution >= 4 is 28.5 Å². The van der Waals surface area contributed by atoms with Crippen molar-refractivity contribution < 1.29 is 0 Å². The van der Waals surface area contributed by atoms with E-state index in [1.807, 2.05) is 18.2 Å². The van der Waals surface area contributed by atoms with Gasteiger partial charge in [-0.05, 0) is 17.7 Å². The molecule has 3 aromatic rings. The Morgan fingerprint density at radius 3 is 2.88 bits per heavy atom. The maximum Gasteiger partial charge on any atom is 0.227 e. The number of nitrogens with one attached hydrogen (secondary N) is 1. The monoisotopic (exact) mass is 246 g/mol. The molecule has 0 saturated heterocycles. The smallest absolute Gasteiger partial charge is 0.227 e. The molecule has 0 fully saturated rings. The number of aromatic nitrogens is 5. The molecule has 0 unspecified atom stereocenters. The van der Waals surface area contributed by atoms with E-state index in [9.17, 15) is 0 Å². The highest BCUT2D eigenvalue weighted by Crippen LogP contribution is 2.21. The predicted molar refractivity (Wildman–Crippen MR) is 64.3 cm³/mol. The zero-order valence-electron chi connectivity index (χ0n) is 8.55. The first kappa shape index (κ1) is 9.98. The molecule has 1 aromatic carbocycles. The van der Waals surface area contributed by atoms with Crippen molar-refractivity contribution in [2.45, 2.75) is 0 Å². The van der Waals surface area contributed by atoms with E-state index in [4.69, 9.17) is 17.3 Å². The summed E-state index contributed by atoms with van der Waals surface area (Å²) >= 11 is 5.73. The molecule has 0 aliphatic carbocycles. The number of hydrogen-bond donors (Lipinski definition) is 2. The van der Waals surface area contributed by atoms with Crippen molar-refractivity contribution in [1.29, 1.82) is 0 Å². The Morgan fingerprint density at radius 1 is 1.18 bits per heavy atom. The number of nitrogens with two attached hydrogens (primary N) is 1. The molecule has 0 amide bonds. The molecule has 2 aromatic heterocycles. The van der Waals surface area contributed by atoms with Gasteiger partial charge in [-0.3, -0.25) is 5.10 Å². The van der Waals surface area contributed by atoms with Gasteiger partial charge >= 0.3 is 0 Å². The van der Waals surface area contributed by atoms with Gasteiger partial charge in [-0.1, -0.05) is 12.1 Å². The van der Waals surface area contributed by atoms with Gasteiger partial charge in [-0.2, -0.15) is 20.1 Å². The molecular weight excluding hydrogens is 240 g/mol. The quantitative estimate of drug-likeness (QED) is 0.681. The standard InChI is InChI=1S/C10H7ClN6/c11-9-14-8(15-10(12)16-9)5-1-2-6-4-13-17-7(6)3-5/h1-4H,(H,13,17)(H2,12,14,15,16). The Bertz CT molecular complexity index is 672. The lowest BCUT2D eigenvalue weighted by molar-refractivity contribution is 1.07. The largest absolute Gasteiger partial charge is 0.368 e. The molecule has 0 bridgehead atoms. The molecule has 84 valence electrons. The number of aromatic amines is 1. The van der Waals surface area contributed by atoms with E-state index in [0.29, 0.717) is 5.82 Å². The van der Waals surface area contributed by atoms with E-state index in [1.165, 1.54) is 0 Å². The lowest BCUT2D eigenvalue weighted by Gasteiger charge is -2.01. The molecule has 0 radical (unpaired) electrons. The summed E-state index contributed by atoms with van der Waals surface area (Å²) in [5.74, 6) is 0.545. The number of nitrogens with zero attached hydrogens (tertiary/aromatic N) is 4. The van der Waals surface area contributed by atoms with Gasteiger partial charge in [0.2, 0.25) is 11.2 Å². The van der Waals surface area contributed by atoms with Gasteiger partial charge in [0.1, 0.15) is 0 Å². The lowest BCUT2D eigenvalue weighted by Crippen LogP contribution is -1.99. The van der Waals surface area contributed by atoms with Crippen molar-refractivity contribution in [2.24, 2.45) is 0 Å². The number of nitrogen functional groups attached to an aromatic ring is 1. The summed E-state index contributed by atoms with van der Waals surface area (Å²) in [4.78, 5) is 11.8. The molecule has 3 rings (SSSR count). The van der Waals surface area contributed by atoms with Crippen molar-refractivity contribution in [3.05, 3.63) is 29.7 Å². The normalized spacial score (nSPS) is 10.9. The molecule has 0 aliphatic heterocycles. The van der Waals surface area contributed by atoms with Crippen LogP contribution in [0.25, 0.3) is 22.3 Å². The number of H-pyrrole nitrogens is 1. The summed E-state index contributed by atoms with van der Waals surface area (Å²) in [5, 5.41) is 7.91. The lowest BCUT2D eigenvalue weighted by atomic mass is 10.1. The minimum Gasteiger partial charge on any atom is -0.368 e. The maximum absolute atomic E-state index is 5.73. The summed E-state index contributed by atoms with van der Waals surface area (Å²) in [6, 6.07) is 5.68. The van der Waals surface area contributed by atoms with E-state index in [2.05, 4.69) is 25.1 Å². The fraction of sp³-hybridized carbons (Fsp3) is 0. The van der Waals surface area contributed by atoms with Crippen molar-refractivity contribution in [3.8, 4) is 11.4 Å². The van der Waals surface area contributed by atoms with Crippen LogP contribution in [0.1, 0.15) is 0 Å². The van der Waals surface area contributed by atoms with E-state index in [0.717, 1.165) is 16.5 Å². The summed E-state index contributed by atoms with van der Waals surface area (Å²) in [7, 11) is 0. The van der Waals surface area contributed by atoms with Gasteiger partial charge in [0.05, 0.1) is 11.7 Å². The summed E-state index contributed by atoms with van der Waals surface area (Å²) in [5.41, 5.74) is 7.23. The molecule has 7 heteroatoms. The van der Waals surface area contributed by atoms with Gasteiger partial charge in [0.25, 0.3) is 0 Å². The van der Waals surface area contributed by atoms with Gasteiger partial charge in [0.15, 0.2) is 5.82 Å². The van der Waals surface area contributed by atoms with E-state index in [-0.39, 0.29) is 11.2 Å². The first-order valence-electron chi connectivity index (χ1n) is 4.83. The second kappa shape index (κ2) is 3.67. The Morgan fingerprint density at radius 2 is 2.06 bits per heavy atom.